The number of aryl methyl sites for hydroxylation is 1. The first-order valence-electron chi connectivity index (χ1n) is 8.74. The Bertz CT molecular complexity index is 1240. The molecule has 2 aromatic heterocycles. The minimum Gasteiger partial charge on any atom is -0.482 e. The number of hydrogen-bond acceptors (Lipinski definition) is 7. The number of nitrogen functional groups attached to an aromatic ring is 1. The molecule has 148 valence electrons. The maximum absolute atomic E-state index is 13.7. The van der Waals surface area contributed by atoms with Crippen LogP contribution in [0.15, 0.2) is 62.9 Å². The second kappa shape index (κ2) is 7.96. The molecule has 0 saturated heterocycles. The van der Waals surface area contributed by atoms with Crippen molar-refractivity contribution in [1.82, 2.24) is 14.9 Å². The van der Waals surface area contributed by atoms with Gasteiger partial charge in [0.05, 0.1) is 0 Å². The number of aromatic nitrogens is 3. The zero-order valence-electron chi connectivity index (χ0n) is 15.5. The molecular formula is C20H17FN4O3S. The maximum atomic E-state index is 13.7. The quantitative estimate of drug-likeness (QED) is 0.294. The average molecular weight is 412 g/mol. The lowest BCUT2D eigenvalue weighted by atomic mass is 10.1. The standard InChI is InChI=1S/C20H17FN4O3S/c1-12-6-7-14-13(9-19(26)28-17(14)8-12)11-29-20-24-23-18(25(20)22)10-27-16-5-3-2-4-15(16)21/h2-9H,10-11,22H2,1H3. The third-order valence-corrected chi connectivity index (χ3v) is 5.26. The molecule has 0 unspecified atom stereocenters. The summed E-state index contributed by atoms with van der Waals surface area (Å²) >= 11 is 1.33. The van der Waals surface area contributed by atoms with E-state index in [1.807, 2.05) is 25.1 Å². The third kappa shape index (κ3) is 4.09. The van der Waals surface area contributed by atoms with Gasteiger partial charge >= 0.3 is 5.63 Å². The highest BCUT2D eigenvalue weighted by molar-refractivity contribution is 7.98. The Morgan fingerprint density at radius 1 is 1.21 bits per heavy atom. The largest absolute Gasteiger partial charge is 0.482 e. The van der Waals surface area contributed by atoms with Crippen molar-refractivity contribution in [2.24, 2.45) is 0 Å². The van der Waals surface area contributed by atoms with Gasteiger partial charge in [-0.2, -0.15) is 0 Å². The summed E-state index contributed by atoms with van der Waals surface area (Å²) in [6.07, 6.45) is 0. The smallest absolute Gasteiger partial charge is 0.336 e. The number of benzene rings is 2. The van der Waals surface area contributed by atoms with Gasteiger partial charge in [0.25, 0.3) is 0 Å². The van der Waals surface area contributed by atoms with Gasteiger partial charge in [-0.1, -0.05) is 36.0 Å². The van der Waals surface area contributed by atoms with Crippen molar-refractivity contribution in [3.8, 4) is 5.75 Å². The Kier molecular flexibility index (Phi) is 5.22. The topological polar surface area (TPSA) is 96.2 Å². The molecule has 2 aromatic carbocycles. The van der Waals surface area contributed by atoms with Gasteiger partial charge < -0.3 is 15.0 Å². The first-order valence-corrected chi connectivity index (χ1v) is 9.73. The third-order valence-electron chi connectivity index (χ3n) is 4.27. The van der Waals surface area contributed by atoms with E-state index in [-0.39, 0.29) is 12.4 Å². The Balaban J connectivity index is 1.49. The van der Waals surface area contributed by atoms with Crippen LogP contribution in [-0.4, -0.2) is 14.9 Å². The van der Waals surface area contributed by atoms with Gasteiger partial charge in [-0.05, 0) is 36.2 Å². The van der Waals surface area contributed by atoms with Crippen molar-refractivity contribution < 1.29 is 13.5 Å². The maximum Gasteiger partial charge on any atom is 0.336 e. The van der Waals surface area contributed by atoms with Crippen molar-refractivity contribution in [1.29, 1.82) is 0 Å². The lowest BCUT2D eigenvalue weighted by Crippen LogP contribution is -2.16. The van der Waals surface area contributed by atoms with Gasteiger partial charge in [-0.15, -0.1) is 10.2 Å². The Morgan fingerprint density at radius 2 is 2.03 bits per heavy atom. The molecule has 2 heterocycles. The molecule has 0 aliphatic carbocycles. The predicted octanol–water partition coefficient (Wildman–Crippen LogP) is 3.42. The second-order valence-corrected chi connectivity index (χ2v) is 7.31. The van der Waals surface area contributed by atoms with Crippen LogP contribution in [0.25, 0.3) is 11.0 Å². The number of hydrogen-bond donors (Lipinski definition) is 1. The molecular weight excluding hydrogens is 395 g/mol. The van der Waals surface area contributed by atoms with E-state index in [0.29, 0.717) is 22.3 Å². The Labute approximate surface area is 169 Å². The highest BCUT2D eigenvalue weighted by Crippen LogP contribution is 2.26. The minimum absolute atomic E-state index is 0.0257. The van der Waals surface area contributed by atoms with E-state index in [0.717, 1.165) is 16.5 Å². The molecule has 2 N–H and O–H groups in total. The summed E-state index contributed by atoms with van der Waals surface area (Å²) in [6, 6.07) is 13.3. The van der Waals surface area contributed by atoms with Crippen LogP contribution in [0.3, 0.4) is 0 Å². The number of nitrogens with two attached hydrogens (primary N) is 1. The van der Waals surface area contributed by atoms with Crippen LogP contribution in [0, 0.1) is 12.7 Å². The number of fused-ring (bicyclic) bond motifs is 1. The molecule has 0 saturated carbocycles. The summed E-state index contributed by atoms with van der Waals surface area (Å²) in [4.78, 5) is 11.9. The summed E-state index contributed by atoms with van der Waals surface area (Å²) in [6.45, 7) is 1.91. The van der Waals surface area contributed by atoms with Crippen LogP contribution in [0.5, 0.6) is 5.75 Å². The van der Waals surface area contributed by atoms with Gasteiger partial charge in [0, 0.05) is 17.2 Å². The first-order chi connectivity index (χ1) is 14.0. The first kappa shape index (κ1) is 19.0. The Morgan fingerprint density at radius 3 is 2.86 bits per heavy atom. The molecule has 7 nitrogen and oxygen atoms in total. The van der Waals surface area contributed by atoms with Crippen molar-refractivity contribution in [3.63, 3.8) is 0 Å². The molecule has 0 bridgehead atoms. The highest BCUT2D eigenvalue weighted by Gasteiger charge is 2.14. The fourth-order valence-corrected chi connectivity index (χ4v) is 3.67. The molecule has 0 aliphatic heterocycles. The molecule has 0 amide bonds. The second-order valence-electron chi connectivity index (χ2n) is 6.37. The molecule has 29 heavy (non-hydrogen) atoms. The summed E-state index contributed by atoms with van der Waals surface area (Å²) in [5, 5.41) is 9.37. The number of rotatable bonds is 6. The average Bonchev–Trinajstić information content (AvgIpc) is 3.04. The number of ether oxygens (including phenoxy) is 1. The zero-order chi connectivity index (χ0) is 20.4. The molecule has 0 radical (unpaired) electrons. The summed E-state index contributed by atoms with van der Waals surface area (Å²) < 4.78 is 25.7. The summed E-state index contributed by atoms with van der Waals surface area (Å²) in [5.41, 5.74) is 1.95. The number of halogens is 1. The fourth-order valence-electron chi connectivity index (χ4n) is 2.81. The van der Waals surface area contributed by atoms with E-state index in [1.54, 1.807) is 12.1 Å². The van der Waals surface area contributed by atoms with E-state index in [1.165, 1.54) is 34.6 Å². The van der Waals surface area contributed by atoms with Crippen molar-refractivity contribution in [2.75, 3.05) is 5.84 Å². The monoisotopic (exact) mass is 412 g/mol. The predicted molar refractivity (Wildman–Crippen MR) is 108 cm³/mol. The zero-order valence-corrected chi connectivity index (χ0v) is 16.3. The van der Waals surface area contributed by atoms with Crippen LogP contribution in [0.4, 0.5) is 4.39 Å². The van der Waals surface area contributed by atoms with E-state index < -0.39 is 11.4 Å². The van der Waals surface area contributed by atoms with Gasteiger partial charge in [0.2, 0.25) is 5.16 Å². The van der Waals surface area contributed by atoms with E-state index in [2.05, 4.69) is 10.2 Å². The molecule has 9 heteroatoms. The van der Waals surface area contributed by atoms with Gasteiger partial charge in [-0.3, -0.25) is 0 Å². The van der Waals surface area contributed by atoms with Crippen LogP contribution in [-0.2, 0) is 12.4 Å². The van der Waals surface area contributed by atoms with Crippen molar-refractivity contribution in [3.05, 3.63) is 81.7 Å². The van der Waals surface area contributed by atoms with E-state index in [4.69, 9.17) is 15.0 Å². The van der Waals surface area contributed by atoms with Crippen LogP contribution >= 0.6 is 11.8 Å². The lowest BCUT2D eigenvalue weighted by Gasteiger charge is -2.08. The summed E-state index contributed by atoms with van der Waals surface area (Å²) in [5.74, 6) is 6.50. The molecule has 0 fully saturated rings. The van der Waals surface area contributed by atoms with E-state index >= 15 is 0 Å². The Hall–Kier alpha value is -3.33. The normalized spacial score (nSPS) is 11.1. The van der Waals surface area contributed by atoms with Crippen LogP contribution < -0.4 is 16.2 Å². The number of para-hydroxylation sites is 1. The van der Waals surface area contributed by atoms with Gasteiger partial charge in [0.1, 0.15) is 12.2 Å². The number of nitrogens with zero attached hydrogens (tertiary/aromatic N) is 3. The molecule has 0 atom stereocenters. The molecule has 0 spiro atoms. The lowest BCUT2D eigenvalue weighted by molar-refractivity contribution is 0.277. The van der Waals surface area contributed by atoms with Gasteiger partial charge in [-0.25, -0.2) is 13.9 Å². The van der Waals surface area contributed by atoms with Crippen LogP contribution in [0.1, 0.15) is 17.0 Å². The van der Waals surface area contributed by atoms with E-state index in [9.17, 15) is 9.18 Å². The SMILES string of the molecule is Cc1ccc2c(CSc3nnc(COc4ccccc4F)n3N)cc(=O)oc2c1. The molecule has 0 aliphatic rings. The van der Waals surface area contributed by atoms with Gasteiger partial charge in [0.15, 0.2) is 17.4 Å². The van der Waals surface area contributed by atoms with Crippen molar-refractivity contribution >= 4 is 22.7 Å². The fraction of sp³-hybridized carbons (Fsp3) is 0.150. The minimum atomic E-state index is -0.463. The molecule has 4 aromatic rings. The number of thioether (sulfide) groups is 1. The molecule has 4 rings (SSSR count). The summed E-state index contributed by atoms with van der Waals surface area (Å²) in [7, 11) is 0. The van der Waals surface area contributed by atoms with Crippen LogP contribution in [0.2, 0.25) is 0 Å². The van der Waals surface area contributed by atoms with Crippen molar-refractivity contribution in [2.45, 2.75) is 24.4 Å². The highest BCUT2D eigenvalue weighted by atomic mass is 32.2.